The number of benzene rings is 1. The first-order valence-corrected chi connectivity index (χ1v) is 4.49. The molecule has 1 unspecified atom stereocenters. The van der Waals surface area contributed by atoms with E-state index in [9.17, 15) is 0 Å². The summed E-state index contributed by atoms with van der Waals surface area (Å²) in [5.74, 6) is 6.48. The van der Waals surface area contributed by atoms with Crippen molar-refractivity contribution in [1.82, 2.24) is 0 Å². The number of rotatable bonds is 2. The first-order valence-electron chi connectivity index (χ1n) is 4.49. The average Bonchev–Trinajstić information content (AvgIpc) is 2.15. The third-order valence-corrected chi connectivity index (χ3v) is 2.09. The zero-order valence-corrected chi connectivity index (χ0v) is 8.17. The molecule has 0 saturated heterocycles. The average molecular weight is 173 g/mol. The van der Waals surface area contributed by atoms with Crippen LogP contribution in [0.1, 0.15) is 31.7 Å². The molecule has 68 valence electrons. The Morgan fingerprint density at radius 1 is 1.31 bits per heavy atom. The molecule has 0 aliphatic carbocycles. The van der Waals surface area contributed by atoms with E-state index in [1.807, 2.05) is 19.1 Å². The van der Waals surface area contributed by atoms with E-state index in [0.717, 1.165) is 12.1 Å². The molecule has 0 heterocycles. The van der Waals surface area contributed by atoms with Gasteiger partial charge >= 0.3 is 0 Å². The van der Waals surface area contributed by atoms with Crippen molar-refractivity contribution in [3.63, 3.8) is 0 Å². The first-order chi connectivity index (χ1) is 6.24. The molecule has 0 aromatic heterocycles. The molecule has 1 aromatic rings. The van der Waals surface area contributed by atoms with Crippen LogP contribution in [0.2, 0.25) is 0 Å². The smallest absolute Gasteiger partial charge is 0.0314 e. The Morgan fingerprint density at radius 3 is 2.46 bits per heavy atom. The molecule has 0 saturated carbocycles. The summed E-state index contributed by atoms with van der Waals surface area (Å²) < 4.78 is 0. The van der Waals surface area contributed by atoms with Gasteiger partial charge in [-0.1, -0.05) is 19.1 Å². The van der Waals surface area contributed by atoms with Crippen molar-refractivity contribution < 1.29 is 0 Å². The highest BCUT2D eigenvalue weighted by Crippen LogP contribution is 2.19. The predicted octanol–water partition coefficient (Wildman–Crippen LogP) is 2.79. The molecule has 0 aliphatic rings. The van der Waals surface area contributed by atoms with Crippen LogP contribution in [-0.4, -0.2) is 0 Å². The van der Waals surface area contributed by atoms with Gasteiger partial charge in [0.05, 0.1) is 0 Å². The maximum atomic E-state index is 5.60. The van der Waals surface area contributed by atoms with Crippen molar-refractivity contribution in [3.05, 3.63) is 29.8 Å². The van der Waals surface area contributed by atoms with Gasteiger partial charge in [0, 0.05) is 12.1 Å². The number of nitrogens with two attached hydrogens (primary N) is 1. The highest BCUT2D eigenvalue weighted by atomic mass is 14.5. The summed E-state index contributed by atoms with van der Waals surface area (Å²) in [6.07, 6.45) is 0.917. The lowest BCUT2D eigenvalue weighted by molar-refractivity contribution is 0.796. The van der Waals surface area contributed by atoms with Gasteiger partial charge in [-0.25, -0.2) is 0 Å². The molecule has 0 spiro atoms. The topological polar surface area (TPSA) is 26.0 Å². The first kappa shape index (κ1) is 9.67. The van der Waals surface area contributed by atoms with Crippen LogP contribution in [0.5, 0.6) is 0 Å². The van der Waals surface area contributed by atoms with Crippen molar-refractivity contribution in [2.75, 3.05) is 5.73 Å². The molecular formula is C12H15N. The summed E-state index contributed by atoms with van der Waals surface area (Å²) in [4.78, 5) is 0. The molecular weight excluding hydrogens is 158 g/mol. The van der Waals surface area contributed by atoms with Gasteiger partial charge in [-0.3, -0.25) is 0 Å². The maximum Gasteiger partial charge on any atom is 0.0314 e. The number of nitrogen functional groups attached to an aromatic ring is 1. The van der Waals surface area contributed by atoms with Crippen LogP contribution in [0, 0.1) is 11.8 Å². The van der Waals surface area contributed by atoms with E-state index < -0.39 is 0 Å². The van der Waals surface area contributed by atoms with Crippen LogP contribution in [0.25, 0.3) is 0 Å². The molecule has 13 heavy (non-hydrogen) atoms. The molecule has 2 N–H and O–H groups in total. The molecule has 1 heteroatoms. The largest absolute Gasteiger partial charge is 0.399 e. The van der Waals surface area contributed by atoms with E-state index in [2.05, 4.69) is 30.9 Å². The zero-order chi connectivity index (χ0) is 9.68. The van der Waals surface area contributed by atoms with Gasteiger partial charge in [-0.2, -0.15) is 0 Å². The highest BCUT2D eigenvalue weighted by molar-refractivity contribution is 5.40. The fourth-order valence-corrected chi connectivity index (χ4v) is 1.20. The lowest BCUT2D eigenvalue weighted by Crippen LogP contribution is -1.92. The van der Waals surface area contributed by atoms with Crippen molar-refractivity contribution in [2.45, 2.75) is 26.2 Å². The van der Waals surface area contributed by atoms with Crippen LogP contribution in [-0.2, 0) is 0 Å². The SMILES string of the molecule is CC#CCC(C)c1ccc(N)cc1. The van der Waals surface area contributed by atoms with Crippen molar-refractivity contribution in [2.24, 2.45) is 0 Å². The maximum absolute atomic E-state index is 5.60. The number of anilines is 1. The van der Waals surface area contributed by atoms with Gasteiger partial charge in [0.2, 0.25) is 0 Å². The normalized spacial score (nSPS) is 11.5. The molecule has 0 radical (unpaired) electrons. The molecule has 1 atom stereocenters. The minimum Gasteiger partial charge on any atom is -0.399 e. The van der Waals surface area contributed by atoms with Gasteiger partial charge in [0.15, 0.2) is 0 Å². The Kier molecular flexibility index (Phi) is 3.40. The second kappa shape index (κ2) is 4.57. The summed E-state index contributed by atoms with van der Waals surface area (Å²) in [5, 5.41) is 0. The lowest BCUT2D eigenvalue weighted by Gasteiger charge is -2.07. The van der Waals surface area contributed by atoms with Crippen molar-refractivity contribution >= 4 is 5.69 Å². The van der Waals surface area contributed by atoms with Crippen LogP contribution < -0.4 is 5.73 Å². The molecule has 0 fully saturated rings. The van der Waals surface area contributed by atoms with E-state index in [4.69, 9.17) is 5.73 Å². The van der Waals surface area contributed by atoms with Gasteiger partial charge < -0.3 is 5.73 Å². The summed E-state index contributed by atoms with van der Waals surface area (Å²) >= 11 is 0. The Balaban J connectivity index is 2.69. The van der Waals surface area contributed by atoms with E-state index in [1.165, 1.54) is 5.56 Å². The Hall–Kier alpha value is -1.42. The third kappa shape index (κ3) is 2.83. The minimum atomic E-state index is 0.494. The minimum absolute atomic E-state index is 0.494. The Labute approximate surface area is 80.0 Å². The van der Waals surface area contributed by atoms with Gasteiger partial charge in [0.25, 0.3) is 0 Å². The molecule has 1 nitrogen and oxygen atoms in total. The summed E-state index contributed by atoms with van der Waals surface area (Å²) in [5.41, 5.74) is 7.72. The van der Waals surface area contributed by atoms with E-state index in [-0.39, 0.29) is 0 Å². The predicted molar refractivity (Wildman–Crippen MR) is 57.3 cm³/mol. The van der Waals surface area contributed by atoms with E-state index >= 15 is 0 Å². The highest BCUT2D eigenvalue weighted by Gasteiger charge is 2.02. The standard InChI is InChI=1S/C12H15N/c1-3-4-5-10(2)11-6-8-12(13)9-7-11/h6-10H,5,13H2,1-2H3. The van der Waals surface area contributed by atoms with Crippen LogP contribution in [0.15, 0.2) is 24.3 Å². The molecule has 0 aliphatic heterocycles. The van der Waals surface area contributed by atoms with E-state index in [1.54, 1.807) is 0 Å². The number of hydrogen-bond donors (Lipinski definition) is 1. The van der Waals surface area contributed by atoms with Crippen LogP contribution in [0.4, 0.5) is 5.69 Å². The molecule has 1 rings (SSSR count). The second-order valence-electron chi connectivity index (χ2n) is 3.20. The quantitative estimate of drug-likeness (QED) is 0.540. The third-order valence-electron chi connectivity index (χ3n) is 2.09. The molecule has 1 aromatic carbocycles. The van der Waals surface area contributed by atoms with Gasteiger partial charge in [-0.15, -0.1) is 11.8 Å². The van der Waals surface area contributed by atoms with Crippen molar-refractivity contribution in [3.8, 4) is 11.8 Å². The number of hydrogen-bond acceptors (Lipinski definition) is 1. The van der Waals surface area contributed by atoms with E-state index in [0.29, 0.717) is 5.92 Å². The van der Waals surface area contributed by atoms with Crippen LogP contribution in [0.3, 0.4) is 0 Å². The van der Waals surface area contributed by atoms with Crippen LogP contribution >= 0.6 is 0 Å². The summed E-state index contributed by atoms with van der Waals surface area (Å²) in [6.45, 7) is 4.05. The zero-order valence-electron chi connectivity index (χ0n) is 8.17. The van der Waals surface area contributed by atoms with Gasteiger partial charge in [0.1, 0.15) is 0 Å². The van der Waals surface area contributed by atoms with Gasteiger partial charge in [-0.05, 0) is 30.5 Å². The Bertz CT molecular complexity index is 313. The Morgan fingerprint density at radius 2 is 1.92 bits per heavy atom. The molecule has 0 amide bonds. The lowest BCUT2D eigenvalue weighted by atomic mass is 9.98. The second-order valence-corrected chi connectivity index (χ2v) is 3.20. The molecule has 0 bridgehead atoms. The fourth-order valence-electron chi connectivity index (χ4n) is 1.20. The fraction of sp³-hybridized carbons (Fsp3) is 0.333. The summed E-state index contributed by atoms with van der Waals surface area (Å²) in [7, 11) is 0. The van der Waals surface area contributed by atoms with Crippen molar-refractivity contribution in [1.29, 1.82) is 0 Å². The summed E-state index contributed by atoms with van der Waals surface area (Å²) in [6, 6.07) is 8.01. The monoisotopic (exact) mass is 173 g/mol.